The molecule has 1 aromatic carbocycles. The van der Waals surface area contributed by atoms with Crippen molar-refractivity contribution in [3.05, 3.63) is 48.0 Å². The summed E-state index contributed by atoms with van der Waals surface area (Å²) in [4.78, 5) is 22.4. The first-order valence-electron chi connectivity index (χ1n) is 12.3. The molecular formula is C26H29F2N5O5. The number of rotatable bonds is 5. The van der Waals surface area contributed by atoms with Gasteiger partial charge in [-0.15, -0.1) is 0 Å². The zero-order chi connectivity index (χ0) is 27.0. The number of carbonyl (C=O) groups is 1. The molecule has 1 N–H and O–H groups in total. The summed E-state index contributed by atoms with van der Waals surface area (Å²) in [6.45, 7) is 8.51. The van der Waals surface area contributed by atoms with Crippen molar-refractivity contribution in [2.75, 3.05) is 31.6 Å². The molecule has 10 nitrogen and oxygen atoms in total. The van der Waals surface area contributed by atoms with Crippen LogP contribution in [0.15, 0.2) is 35.0 Å². The fourth-order valence-electron chi connectivity index (χ4n) is 4.62. The quantitative estimate of drug-likeness (QED) is 0.502. The summed E-state index contributed by atoms with van der Waals surface area (Å²) >= 11 is 0. The van der Waals surface area contributed by atoms with Crippen LogP contribution in [0.2, 0.25) is 0 Å². The lowest BCUT2D eigenvalue weighted by Crippen LogP contribution is -2.59. The molecule has 202 valence electrons. The zero-order valence-corrected chi connectivity index (χ0v) is 21.5. The van der Waals surface area contributed by atoms with Gasteiger partial charge in [-0.3, -0.25) is 0 Å². The van der Waals surface area contributed by atoms with Crippen LogP contribution in [0.4, 0.5) is 25.0 Å². The van der Waals surface area contributed by atoms with Gasteiger partial charge in [0.1, 0.15) is 17.5 Å². The second kappa shape index (κ2) is 10.2. The van der Waals surface area contributed by atoms with Gasteiger partial charge in [0.25, 0.3) is 5.88 Å². The molecule has 2 aromatic heterocycles. The number of pyridine rings is 1. The number of halogens is 2. The highest BCUT2D eigenvalue weighted by molar-refractivity contribution is 5.68. The van der Waals surface area contributed by atoms with Gasteiger partial charge in [-0.05, 0) is 45.0 Å². The molecule has 3 aromatic rings. The Labute approximate surface area is 218 Å². The van der Waals surface area contributed by atoms with E-state index in [0.717, 1.165) is 0 Å². The first-order chi connectivity index (χ1) is 18.1. The molecule has 2 aliphatic rings. The normalized spacial score (nSPS) is 21.2. The number of aryl methyl sites for hydroxylation is 1. The molecule has 2 saturated heterocycles. The number of nitrogens with one attached hydrogen (secondary N) is 1. The number of aromatic nitrogens is 3. The third-order valence-electron chi connectivity index (χ3n) is 6.28. The number of carbonyl (C=O) groups excluding carboxylic acids is 1. The molecule has 5 rings (SSSR count). The van der Waals surface area contributed by atoms with Crippen molar-refractivity contribution in [2.24, 2.45) is 11.8 Å². The van der Waals surface area contributed by atoms with Crippen LogP contribution in [0.5, 0.6) is 5.88 Å². The molecule has 2 aliphatic heterocycles. The van der Waals surface area contributed by atoms with Gasteiger partial charge in [0.2, 0.25) is 17.5 Å². The average Bonchev–Trinajstić information content (AvgIpc) is 3.27. The molecule has 4 heterocycles. The van der Waals surface area contributed by atoms with Crippen LogP contribution in [-0.2, 0) is 9.47 Å². The minimum atomic E-state index is -0.752. The second-order valence-electron chi connectivity index (χ2n) is 10.5. The van der Waals surface area contributed by atoms with Gasteiger partial charge in [-0.2, -0.15) is 9.37 Å². The highest BCUT2D eigenvalue weighted by Gasteiger charge is 2.44. The topological polar surface area (TPSA) is 112 Å². The number of likely N-dealkylation sites (tertiary alicyclic amines) is 1. The number of benzene rings is 1. The monoisotopic (exact) mass is 529 g/mol. The second-order valence-corrected chi connectivity index (χ2v) is 10.5. The van der Waals surface area contributed by atoms with Gasteiger partial charge in [0.05, 0.1) is 24.6 Å². The molecule has 0 saturated carbocycles. The maximum absolute atomic E-state index is 15.4. The summed E-state index contributed by atoms with van der Waals surface area (Å²) in [6.07, 6.45) is 0.581. The zero-order valence-electron chi connectivity index (χ0n) is 21.5. The minimum Gasteiger partial charge on any atom is -0.471 e. The van der Waals surface area contributed by atoms with E-state index in [9.17, 15) is 9.18 Å². The van der Waals surface area contributed by atoms with Gasteiger partial charge in [-0.25, -0.2) is 14.2 Å². The molecule has 2 fully saturated rings. The largest absolute Gasteiger partial charge is 0.471 e. The van der Waals surface area contributed by atoms with Crippen molar-refractivity contribution < 1.29 is 32.3 Å². The number of hydrogen-bond donors (Lipinski definition) is 1. The number of ether oxygens (including phenoxy) is 3. The maximum Gasteiger partial charge on any atom is 0.410 e. The molecule has 1 amide bonds. The lowest BCUT2D eigenvalue weighted by Gasteiger charge is -2.46. The van der Waals surface area contributed by atoms with Crippen LogP contribution in [0.25, 0.3) is 11.4 Å². The molecule has 0 radical (unpaired) electrons. The first kappa shape index (κ1) is 25.8. The predicted molar refractivity (Wildman–Crippen MR) is 132 cm³/mol. The van der Waals surface area contributed by atoms with Crippen molar-refractivity contribution in [2.45, 2.75) is 39.4 Å². The van der Waals surface area contributed by atoms with E-state index in [1.54, 1.807) is 17.9 Å². The van der Waals surface area contributed by atoms with Crippen LogP contribution >= 0.6 is 0 Å². The molecule has 12 heteroatoms. The number of nitrogens with zero attached hydrogens (tertiary/aromatic N) is 4. The van der Waals surface area contributed by atoms with E-state index < -0.39 is 29.4 Å². The van der Waals surface area contributed by atoms with E-state index in [0.29, 0.717) is 37.8 Å². The number of hydrogen-bond acceptors (Lipinski definition) is 9. The van der Waals surface area contributed by atoms with E-state index in [1.165, 1.54) is 24.4 Å². The Morgan fingerprint density at radius 3 is 2.50 bits per heavy atom. The highest BCUT2D eigenvalue weighted by Crippen LogP contribution is 2.34. The number of fused-ring (bicyclic) bond motifs is 2. The number of amides is 1. The summed E-state index contributed by atoms with van der Waals surface area (Å²) in [5.74, 6) is -1.34. The van der Waals surface area contributed by atoms with E-state index in [2.05, 4.69) is 20.4 Å². The molecule has 2 unspecified atom stereocenters. The molecule has 0 aliphatic carbocycles. The van der Waals surface area contributed by atoms with Crippen molar-refractivity contribution in [3.63, 3.8) is 0 Å². The van der Waals surface area contributed by atoms with Crippen molar-refractivity contribution in [1.82, 2.24) is 20.0 Å². The van der Waals surface area contributed by atoms with Crippen LogP contribution in [0, 0.1) is 30.4 Å². The number of anilines is 2. The smallest absolute Gasteiger partial charge is 0.410 e. The summed E-state index contributed by atoms with van der Waals surface area (Å²) in [5.41, 5.74) is -0.122. The first-order valence-corrected chi connectivity index (χ1v) is 12.3. The van der Waals surface area contributed by atoms with Gasteiger partial charge in [0.15, 0.2) is 0 Å². The van der Waals surface area contributed by atoms with Crippen LogP contribution in [0.3, 0.4) is 0 Å². The molecule has 0 spiro atoms. The van der Waals surface area contributed by atoms with E-state index in [-0.39, 0.29) is 34.9 Å². The predicted octanol–water partition coefficient (Wildman–Crippen LogP) is 4.72. The number of piperidine rings is 1. The van der Waals surface area contributed by atoms with E-state index >= 15 is 4.39 Å². The Balaban J connectivity index is 1.30. The van der Waals surface area contributed by atoms with Crippen LogP contribution < -0.4 is 10.1 Å². The van der Waals surface area contributed by atoms with Crippen molar-refractivity contribution in [1.29, 1.82) is 0 Å². The molecule has 38 heavy (non-hydrogen) atoms. The van der Waals surface area contributed by atoms with Gasteiger partial charge in [0, 0.05) is 43.6 Å². The minimum absolute atomic E-state index is 0.00431. The van der Waals surface area contributed by atoms with Crippen molar-refractivity contribution >= 4 is 17.5 Å². The fraction of sp³-hybridized carbons (Fsp3) is 0.462. The standard InChI is InChI=1S/C26H29F2N5O5/c1-14-30-23(32-38-14)15-5-6-19(18(27)9-15)31-20-7-8-29-24(21(20)28)36-22-16-10-33(11-17(22)13-35-12-16)25(34)37-26(2,3)4/h5-9,16-17,22H,10-13H2,1-4H3,(H,29,31). The third kappa shape index (κ3) is 5.54. The Morgan fingerprint density at radius 1 is 1.13 bits per heavy atom. The average molecular weight is 530 g/mol. The highest BCUT2D eigenvalue weighted by atomic mass is 19.1. The third-order valence-corrected chi connectivity index (χ3v) is 6.28. The Bertz CT molecular complexity index is 1310. The van der Waals surface area contributed by atoms with Gasteiger partial charge in [-0.1, -0.05) is 5.16 Å². The molecule has 2 bridgehead atoms. The van der Waals surface area contributed by atoms with Gasteiger partial charge >= 0.3 is 6.09 Å². The molecule has 2 atom stereocenters. The Morgan fingerprint density at radius 2 is 1.87 bits per heavy atom. The molecular weight excluding hydrogens is 500 g/mol. The Hall–Kier alpha value is -3.80. The maximum atomic E-state index is 15.4. The summed E-state index contributed by atoms with van der Waals surface area (Å²) in [5, 5.41) is 6.55. The lowest BCUT2D eigenvalue weighted by atomic mass is 9.84. The van der Waals surface area contributed by atoms with Crippen LogP contribution in [0.1, 0.15) is 26.7 Å². The van der Waals surface area contributed by atoms with Gasteiger partial charge < -0.3 is 29.0 Å². The fourth-order valence-corrected chi connectivity index (χ4v) is 4.62. The summed E-state index contributed by atoms with van der Waals surface area (Å²) in [6, 6.07) is 5.70. The Kier molecular flexibility index (Phi) is 6.91. The summed E-state index contributed by atoms with van der Waals surface area (Å²) < 4.78 is 52.5. The SMILES string of the molecule is Cc1nc(-c2ccc(Nc3ccnc(OC4C5COCC4CN(C(=O)OC(C)(C)C)C5)c3F)c(F)c2)no1. The van der Waals surface area contributed by atoms with E-state index in [4.69, 9.17) is 18.7 Å². The van der Waals surface area contributed by atoms with Crippen LogP contribution in [-0.4, -0.2) is 64.1 Å². The van der Waals surface area contributed by atoms with Crippen molar-refractivity contribution in [3.8, 4) is 17.3 Å². The van der Waals surface area contributed by atoms with E-state index in [1.807, 2.05) is 20.8 Å². The lowest BCUT2D eigenvalue weighted by molar-refractivity contribution is -0.114. The summed E-state index contributed by atoms with van der Waals surface area (Å²) in [7, 11) is 0.